The minimum atomic E-state index is -2.42. The van der Waals surface area contributed by atoms with Crippen LogP contribution >= 0.6 is 34.8 Å². The summed E-state index contributed by atoms with van der Waals surface area (Å²) in [5.41, 5.74) is 22.3. The summed E-state index contributed by atoms with van der Waals surface area (Å²) < 4.78 is 25.6. The smallest absolute Gasteiger partial charge is 0.264 e. The zero-order valence-corrected chi connectivity index (χ0v) is 71.9. The van der Waals surface area contributed by atoms with Gasteiger partial charge < -0.3 is 37.3 Å². The summed E-state index contributed by atoms with van der Waals surface area (Å²) in [6, 6.07) is 49.2. The van der Waals surface area contributed by atoms with E-state index in [2.05, 4.69) is 81.0 Å². The Morgan fingerprint density at radius 3 is 1.17 bits per heavy atom. The van der Waals surface area contributed by atoms with Crippen molar-refractivity contribution < 1.29 is 14.2 Å². The van der Waals surface area contributed by atoms with E-state index in [-0.39, 0.29) is 57.3 Å². The second-order valence-electron chi connectivity index (χ2n) is 27.4. The number of benzene rings is 6. The van der Waals surface area contributed by atoms with Gasteiger partial charge in [0.2, 0.25) is 28.6 Å². The SMILES string of the molecule is CCC[CH2][Sn]([CH2]CCC)([CH2]CCC)[c]1ncc(OC)cn1.COc1cnc(Cl)nc1.C[C@H](N)c1cc2cccc(Cl)c2c(=O)n1-c1ccccc1.[C-]#[N+]c1cnc(N)nc1N[C@@H](C)c1cc2cccc(-c3ncc(OC)cn3)c2c(=O)n1-c1ccccc1.[C-]#[N+]c1cnc(N)nc1N[C@@H](C)c1cc2cccc(Cl)c2c(=O)n1-c1ccccc1. The summed E-state index contributed by atoms with van der Waals surface area (Å²) in [5.74, 6) is 3.04. The van der Waals surface area contributed by atoms with Crippen LogP contribution in [0.5, 0.6) is 17.2 Å². The third kappa shape index (κ3) is 21.6. The van der Waals surface area contributed by atoms with Gasteiger partial charge in [-0.05, 0) is 115 Å². The average molecular weight is 1750 g/mol. The second kappa shape index (κ2) is 42.4. The minimum Gasteiger partial charge on any atom is -0.494 e. The quantitative estimate of drug-likeness (QED) is 0.0213. The first-order valence-electron chi connectivity index (χ1n) is 38.2. The number of pyridine rings is 3. The number of hydrogen-bond acceptors (Lipinski definition) is 21. The number of anilines is 4. The third-order valence-electron chi connectivity index (χ3n) is 19.3. The van der Waals surface area contributed by atoms with Gasteiger partial charge in [0, 0.05) is 58.1 Å². The van der Waals surface area contributed by atoms with Gasteiger partial charge in [0.15, 0.2) is 17.3 Å². The maximum Gasteiger partial charge on any atom is 0.264 e. The summed E-state index contributed by atoms with van der Waals surface area (Å²) in [5, 5.41) is 11.2. The van der Waals surface area contributed by atoms with Crippen molar-refractivity contribution in [3.8, 4) is 45.7 Å². The number of nitrogens with one attached hydrogen (secondary N) is 2. The Morgan fingerprint density at radius 2 is 0.797 bits per heavy atom. The van der Waals surface area contributed by atoms with Crippen LogP contribution in [-0.2, 0) is 0 Å². The molecule has 8 heterocycles. The van der Waals surface area contributed by atoms with Gasteiger partial charge in [-0.1, -0.05) is 120 Å². The minimum absolute atomic E-state index is 0.0465. The van der Waals surface area contributed by atoms with E-state index in [0.717, 1.165) is 33.3 Å². The molecule has 0 aliphatic carbocycles. The van der Waals surface area contributed by atoms with Crippen LogP contribution in [0.3, 0.4) is 0 Å². The van der Waals surface area contributed by atoms with Crippen molar-refractivity contribution in [2.45, 2.75) is 112 Å². The molecule has 0 aliphatic heterocycles. The first kappa shape index (κ1) is 87.9. The molecule has 118 heavy (non-hydrogen) atoms. The van der Waals surface area contributed by atoms with E-state index in [9.17, 15) is 14.4 Å². The van der Waals surface area contributed by atoms with Crippen LogP contribution in [0.25, 0.3) is 70.5 Å². The van der Waals surface area contributed by atoms with Gasteiger partial charge in [-0.3, -0.25) is 28.1 Å². The summed E-state index contributed by atoms with van der Waals surface area (Å²) >= 11 is 15.5. The fourth-order valence-corrected chi connectivity index (χ4v) is 28.8. The van der Waals surface area contributed by atoms with Crippen molar-refractivity contribution in [2.24, 2.45) is 5.73 Å². The van der Waals surface area contributed by atoms with Crippen LogP contribution in [0.1, 0.15) is 115 Å². The van der Waals surface area contributed by atoms with Crippen molar-refractivity contribution in [3.63, 3.8) is 0 Å². The number of rotatable bonds is 24. The van der Waals surface area contributed by atoms with Crippen LogP contribution in [0, 0.1) is 13.1 Å². The van der Waals surface area contributed by atoms with E-state index in [1.807, 2.05) is 179 Å². The molecule has 14 aromatic rings. The molecule has 8 aromatic heterocycles. The number of ether oxygens (including phenoxy) is 3. The fourth-order valence-electron chi connectivity index (χ4n) is 13.4. The van der Waals surface area contributed by atoms with E-state index >= 15 is 0 Å². The van der Waals surface area contributed by atoms with E-state index in [0.29, 0.717) is 83.5 Å². The summed E-state index contributed by atoms with van der Waals surface area (Å²) in [7, 11) is 4.77. The van der Waals surface area contributed by atoms with Crippen LogP contribution in [0.4, 0.5) is 34.9 Å². The Bertz CT molecular complexity index is 5980. The standard InChI is InChI=1S/C27H22N8O2.C22H17ClN6O.C17H15ClN2O.C5H5ClN2O.C5H5N2O.3C4H9.Sn/c1-16(33-25-21(29-2)15-32-27(28)34-25)22-12-17-8-7-11-20(24-30-13-19(37-3)14-31-24)23(17)26(36)35(22)18-9-5-4-6-10-18;1-13(27-20-17(25-2)12-26-22(24)28-20)18-11-14-7-6-10-16(23)19(14)21(30)29(18)15-8-4-3-5-9-15;1-11(19)15-10-12-6-5-9-14(18)16(12)17(21)20(15)13-7-3-2-4-8-13;1-9-4-2-7-5(6)8-3-4;1-8-5-2-6-4-7-3-5;3*1-3-4-2;/h4-16H,1,3H3,(H3,28,32,33,34);3-13H,1H3,(H3,24,26,27,28);2-11H,19H2,1H3;2-3H,1H3;2-3H,1H3;3*1,3-4H2,2H3;/t16-;13-;11-;;;;;;/m000....../s1. The Kier molecular flexibility index (Phi) is 31.6. The van der Waals surface area contributed by atoms with Gasteiger partial charge in [0.05, 0.1) is 90.4 Å². The molecule has 8 N–H and O–H groups in total. The molecule has 0 aliphatic rings. The predicted octanol–water partition coefficient (Wildman–Crippen LogP) is 18.6. The molecular weight excluding hydrogens is 1660 g/mol. The molecule has 0 saturated heterocycles. The van der Waals surface area contributed by atoms with Crippen molar-refractivity contribution in [1.29, 1.82) is 0 Å². The molecule has 0 saturated carbocycles. The normalized spacial score (nSPS) is 11.6. The molecule has 0 radical (unpaired) electrons. The molecule has 0 unspecified atom stereocenters. The maximum atomic E-state index is 14.2. The van der Waals surface area contributed by atoms with E-state index in [4.69, 9.17) is 89.3 Å². The number of nitrogens with zero attached hydrogens (tertiary/aromatic N) is 15. The van der Waals surface area contributed by atoms with Crippen LogP contribution in [-0.4, -0.2) is 103 Å². The zero-order chi connectivity index (χ0) is 84.4. The van der Waals surface area contributed by atoms with Crippen molar-refractivity contribution in [2.75, 3.05) is 43.4 Å². The molecule has 0 amide bonds. The maximum absolute atomic E-state index is 14.2. The molecular formula is C88H91Cl3N20O6Sn. The predicted molar refractivity (Wildman–Crippen MR) is 475 cm³/mol. The Hall–Kier alpha value is -12.4. The van der Waals surface area contributed by atoms with Crippen LogP contribution < -0.4 is 62.6 Å². The van der Waals surface area contributed by atoms with E-state index < -0.39 is 24.4 Å². The average Bonchev–Trinajstić information content (AvgIpc) is 0.767. The number of methoxy groups -OCH3 is 3. The molecule has 3 atom stereocenters. The number of hydrogen-bond donors (Lipinski definition) is 5. The number of fused-ring (bicyclic) bond motifs is 3. The van der Waals surface area contributed by atoms with E-state index in [1.54, 1.807) is 65.6 Å². The van der Waals surface area contributed by atoms with Crippen LogP contribution in [0.2, 0.25) is 28.6 Å². The van der Waals surface area contributed by atoms with Crippen molar-refractivity contribution in [1.82, 2.24) is 63.5 Å². The summed E-state index contributed by atoms with van der Waals surface area (Å²) in [4.78, 5) is 89.2. The van der Waals surface area contributed by atoms with E-state index in [1.165, 1.54) is 80.5 Å². The Labute approximate surface area is 703 Å². The van der Waals surface area contributed by atoms with Gasteiger partial charge in [-0.25, -0.2) is 49.6 Å². The van der Waals surface area contributed by atoms with Crippen LogP contribution in [0.15, 0.2) is 228 Å². The molecule has 30 heteroatoms. The number of para-hydroxylation sites is 3. The van der Waals surface area contributed by atoms with Crippen molar-refractivity contribution >= 4 is 124 Å². The van der Waals surface area contributed by atoms with Gasteiger partial charge in [0.25, 0.3) is 16.7 Å². The number of aromatic nitrogens is 13. The topological polar surface area (TPSA) is 333 Å². The number of unbranched alkanes of at least 4 members (excludes halogenated alkanes) is 3. The molecule has 0 fully saturated rings. The summed E-state index contributed by atoms with van der Waals surface area (Å²) in [6.45, 7) is 27.3. The second-order valence-corrected chi connectivity index (χ2v) is 41.4. The molecule has 6 aromatic carbocycles. The molecule has 26 nitrogen and oxygen atoms in total. The van der Waals surface area contributed by atoms with Gasteiger partial charge in [-0.2, -0.15) is 0 Å². The molecule has 14 rings (SSSR count). The molecule has 604 valence electrons. The van der Waals surface area contributed by atoms with Crippen molar-refractivity contribution in [3.05, 3.63) is 300 Å². The molecule has 0 spiro atoms. The van der Waals surface area contributed by atoms with Gasteiger partial charge in [0.1, 0.15) is 11.6 Å². The number of nitrogen functional groups attached to an aromatic ring is 2. The van der Waals surface area contributed by atoms with Gasteiger partial charge in [-0.15, -0.1) is 0 Å². The number of nitrogens with two attached hydrogens (primary N) is 3. The fraction of sp³-hybridized carbons (Fsp3) is 0.239. The number of halogens is 3. The molecule has 0 bridgehead atoms. The Morgan fingerprint density at radius 1 is 0.449 bits per heavy atom. The van der Waals surface area contributed by atoms with Gasteiger partial charge >= 0.3 is 135 Å². The Balaban J connectivity index is 0.000000164. The zero-order valence-electron chi connectivity index (χ0n) is 66.8. The summed E-state index contributed by atoms with van der Waals surface area (Å²) in [6.07, 6.45) is 20.5. The first-order chi connectivity index (χ1) is 57.1. The first-order valence-corrected chi connectivity index (χ1v) is 46.8. The third-order valence-corrected chi connectivity index (χ3v) is 34.8. The largest absolute Gasteiger partial charge is 0.494 e. The monoisotopic (exact) mass is 1750 g/mol.